The third-order valence-electron chi connectivity index (χ3n) is 2.11. The molecule has 1 aromatic carbocycles. The zero-order chi connectivity index (χ0) is 13.7. The van der Waals surface area contributed by atoms with Crippen LogP contribution >= 0.6 is 0 Å². The summed E-state index contributed by atoms with van der Waals surface area (Å²) in [5, 5.41) is 27.7. The van der Waals surface area contributed by atoms with Crippen LogP contribution in [-0.2, 0) is 16.0 Å². The van der Waals surface area contributed by atoms with Crippen molar-refractivity contribution in [1.29, 1.82) is 0 Å². The molecule has 0 heterocycles. The number of aliphatic carboxylic acids is 2. The first-order valence-electron chi connectivity index (χ1n) is 4.80. The van der Waals surface area contributed by atoms with Crippen LogP contribution in [0.3, 0.4) is 0 Å². The molecule has 0 aliphatic heterocycles. The molecule has 0 saturated heterocycles. The molecule has 0 aliphatic carbocycles. The lowest BCUT2D eigenvalue weighted by molar-refractivity contribution is -0.384. The van der Waals surface area contributed by atoms with Crippen LogP contribution in [0.5, 0.6) is 0 Å². The first-order valence-corrected chi connectivity index (χ1v) is 4.80. The van der Waals surface area contributed by atoms with Crippen molar-refractivity contribution in [3.63, 3.8) is 0 Å². The maximum absolute atomic E-state index is 10.8. The predicted octanol–water partition coefficient (Wildman–Crippen LogP) is 1.23. The van der Waals surface area contributed by atoms with Crippen LogP contribution in [0.2, 0.25) is 0 Å². The van der Waals surface area contributed by atoms with E-state index in [1.165, 1.54) is 24.3 Å². The Morgan fingerprint density at radius 2 is 1.78 bits per heavy atom. The SMILES string of the molecule is O=C(O)/C=C(\Cc1ccc([N+](=O)[O-])cc1)C(=O)O. The van der Waals surface area contributed by atoms with Gasteiger partial charge in [0.1, 0.15) is 0 Å². The summed E-state index contributed by atoms with van der Waals surface area (Å²) in [6.45, 7) is 0. The zero-order valence-electron chi connectivity index (χ0n) is 9.07. The molecule has 0 radical (unpaired) electrons. The van der Waals surface area contributed by atoms with E-state index in [-0.39, 0.29) is 17.7 Å². The lowest BCUT2D eigenvalue weighted by atomic mass is 10.0. The molecule has 2 N–H and O–H groups in total. The summed E-state index contributed by atoms with van der Waals surface area (Å²) in [7, 11) is 0. The first kappa shape index (κ1) is 13.4. The fraction of sp³-hybridized carbons (Fsp3) is 0.0909. The number of nitrogens with zero attached hydrogens (tertiary/aromatic N) is 1. The molecule has 7 nitrogen and oxygen atoms in total. The third-order valence-corrected chi connectivity index (χ3v) is 2.11. The van der Waals surface area contributed by atoms with Crippen molar-refractivity contribution >= 4 is 17.6 Å². The van der Waals surface area contributed by atoms with Gasteiger partial charge in [-0.15, -0.1) is 0 Å². The van der Waals surface area contributed by atoms with E-state index >= 15 is 0 Å². The first-order chi connectivity index (χ1) is 8.40. The summed E-state index contributed by atoms with van der Waals surface area (Å²) in [5.74, 6) is -2.69. The molecule has 18 heavy (non-hydrogen) atoms. The van der Waals surface area contributed by atoms with Gasteiger partial charge in [-0.25, -0.2) is 9.59 Å². The Labute approximate surface area is 101 Å². The largest absolute Gasteiger partial charge is 0.478 e. The summed E-state index contributed by atoms with van der Waals surface area (Å²) >= 11 is 0. The second-order valence-corrected chi connectivity index (χ2v) is 3.41. The molecule has 0 aliphatic rings. The average Bonchev–Trinajstić information content (AvgIpc) is 2.28. The fourth-order valence-corrected chi connectivity index (χ4v) is 1.29. The van der Waals surface area contributed by atoms with E-state index in [1.807, 2.05) is 0 Å². The number of rotatable bonds is 5. The molecule has 7 heteroatoms. The van der Waals surface area contributed by atoms with Crippen LogP contribution in [0.1, 0.15) is 5.56 Å². The van der Waals surface area contributed by atoms with Gasteiger partial charge < -0.3 is 10.2 Å². The second kappa shape index (κ2) is 5.58. The zero-order valence-corrected chi connectivity index (χ0v) is 9.07. The molecule has 1 aromatic rings. The summed E-state index contributed by atoms with van der Waals surface area (Å²) in [4.78, 5) is 31.0. The van der Waals surface area contributed by atoms with Gasteiger partial charge in [-0.05, 0) is 5.56 Å². The third kappa shape index (κ3) is 3.71. The van der Waals surface area contributed by atoms with Gasteiger partial charge in [0, 0.05) is 30.2 Å². The molecular weight excluding hydrogens is 242 g/mol. The van der Waals surface area contributed by atoms with E-state index in [1.54, 1.807) is 0 Å². The van der Waals surface area contributed by atoms with E-state index in [9.17, 15) is 19.7 Å². The van der Waals surface area contributed by atoms with Crippen LogP contribution in [-0.4, -0.2) is 27.1 Å². The van der Waals surface area contributed by atoms with Gasteiger partial charge >= 0.3 is 11.9 Å². The molecule has 0 aromatic heterocycles. The van der Waals surface area contributed by atoms with Gasteiger partial charge in [0.25, 0.3) is 5.69 Å². The van der Waals surface area contributed by atoms with E-state index in [2.05, 4.69) is 0 Å². The summed E-state index contributed by atoms with van der Waals surface area (Å²) in [6.07, 6.45) is 0.489. The Balaban J connectivity index is 2.92. The standard InChI is InChI=1S/C11H9NO6/c13-10(14)6-8(11(15)16)5-7-1-3-9(4-2-7)12(17)18/h1-4,6H,5H2,(H,13,14)(H,15,16)/b8-6+. The summed E-state index contributed by atoms with van der Waals surface area (Å²) < 4.78 is 0. The van der Waals surface area contributed by atoms with Crippen molar-refractivity contribution in [2.75, 3.05) is 0 Å². The highest BCUT2D eigenvalue weighted by Crippen LogP contribution is 2.14. The Hall–Kier alpha value is -2.70. The van der Waals surface area contributed by atoms with Gasteiger partial charge in [-0.2, -0.15) is 0 Å². The Morgan fingerprint density at radius 1 is 1.22 bits per heavy atom. The Kier molecular flexibility index (Phi) is 4.14. The quantitative estimate of drug-likeness (QED) is 0.461. The number of benzene rings is 1. The molecule has 0 fully saturated rings. The molecule has 1 rings (SSSR count). The van der Waals surface area contributed by atoms with Gasteiger partial charge in [-0.3, -0.25) is 10.1 Å². The second-order valence-electron chi connectivity index (χ2n) is 3.41. The molecule has 0 bridgehead atoms. The molecule has 0 spiro atoms. The minimum atomic E-state index is -1.35. The molecule has 0 amide bonds. The number of carboxylic acid groups (broad SMARTS) is 2. The lowest BCUT2D eigenvalue weighted by Crippen LogP contribution is -2.06. The summed E-state index contributed by atoms with van der Waals surface area (Å²) in [5.41, 5.74) is 0.0738. The van der Waals surface area contributed by atoms with Crippen LogP contribution in [0.25, 0.3) is 0 Å². The summed E-state index contributed by atoms with van der Waals surface area (Å²) in [6, 6.07) is 5.23. The fourth-order valence-electron chi connectivity index (χ4n) is 1.29. The van der Waals surface area contributed by atoms with Crippen molar-refractivity contribution in [3.8, 4) is 0 Å². The van der Waals surface area contributed by atoms with Crippen LogP contribution in [0, 0.1) is 10.1 Å². The molecule has 94 valence electrons. The predicted molar refractivity (Wildman–Crippen MR) is 60.2 cm³/mol. The average molecular weight is 251 g/mol. The van der Waals surface area contributed by atoms with Crippen molar-refractivity contribution < 1.29 is 24.7 Å². The minimum Gasteiger partial charge on any atom is -0.478 e. The van der Waals surface area contributed by atoms with Crippen molar-refractivity contribution in [2.24, 2.45) is 0 Å². The van der Waals surface area contributed by atoms with Crippen LogP contribution < -0.4 is 0 Å². The molecule has 0 unspecified atom stereocenters. The van der Waals surface area contributed by atoms with E-state index < -0.39 is 16.9 Å². The van der Waals surface area contributed by atoms with E-state index in [4.69, 9.17) is 10.2 Å². The number of carbonyl (C=O) groups is 2. The lowest BCUT2D eigenvalue weighted by Gasteiger charge is -2.01. The van der Waals surface area contributed by atoms with Crippen molar-refractivity contribution in [2.45, 2.75) is 6.42 Å². The topological polar surface area (TPSA) is 118 Å². The Morgan fingerprint density at radius 3 is 2.17 bits per heavy atom. The normalized spacial score (nSPS) is 11.0. The van der Waals surface area contributed by atoms with Crippen molar-refractivity contribution in [3.05, 3.63) is 51.6 Å². The van der Waals surface area contributed by atoms with Gasteiger partial charge in [0.05, 0.1) is 4.92 Å². The van der Waals surface area contributed by atoms with Gasteiger partial charge in [0.2, 0.25) is 0 Å². The van der Waals surface area contributed by atoms with Crippen molar-refractivity contribution in [1.82, 2.24) is 0 Å². The highest BCUT2D eigenvalue weighted by atomic mass is 16.6. The Bertz CT molecular complexity index is 517. The number of hydrogen-bond acceptors (Lipinski definition) is 4. The van der Waals surface area contributed by atoms with Gasteiger partial charge in [-0.1, -0.05) is 12.1 Å². The van der Waals surface area contributed by atoms with E-state index in [0.717, 1.165) is 0 Å². The van der Waals surface area contributed by atoms with Crippen LogP contribution in [0.4, 0.5) is 5.69 Å². The number of hydrogen-bond donors (Lipinski definition) is 2. The molecule has 0 atom stereocenters. The molecular formula is C11H9NO6. The number of nitro benzene ring substituents is 1. The monoisotopic (exact) mass is 251 g/mol. The minimum absolute atomic E-state index is 0.111. The maximum atomic E-state index is 10.8. The highest BCUT2D eigenvalue weighted by molar-refractivity contribution is 5.94. The van der Waals surface area contributed by atoms with Gasteiger partial charge in [0.15, 0.2) is 0 Å². The number of nitro groups is 1. The van der Waals surface area contributed by atoms with Crippen LogP contribution in [0.15, 0.2) is 35.9 Å². The number of non-ortho nitro benzene ring substituents is 1. The number of carboxylic acids is 2. The smallest absolute Gasteiger partial charge is 0.332 e. The maximum Gasteiger partial charge on any atom is 0.332 e. The highest BCUT2D eigenvalue weighted by Gasteiger charge is 2.11. The van der Waals surface area contributed by atoms with E-state index in [0.29, 0.717) is 11.6 Å². The molecule has 0 saturated carbocycles.